The Morgan fingerprint density at radius 2 is 1.94 bits per heavy atom. The number of carbonyl (C=O) groups is 1. The molecule has 0 saturated heterocycles. The Morgan fingerprint density at radius 3 is 2.38 bits per heavy atom. The van der Waals surface area contributed by atoms with Crippen molar-refractivity contribution in [2.24, 2.45) is 0 Å². The van der Waals surface area contributed by atoms with Crippen molar-refractivity contribution in [2.75, 3.05) is 18.9 Å². The molecule has 88 valence electrons. The number of halogens is 2. The van der Waals surface area contributed by atoms with Crippen molar-refractivity contribution in [1.82, 2.24) is 5.32 Å². The number of carboxylic acids is 1. The van der Waals surface area contributed by atoms with Crippen molar-refractivity contribution >= 4 is 34.9 Å². The summed E-state index contributed by atoms with van der Waals surface area (Å²) in [7, 11) is 1.59. The maximum absolute atomic E-state index is 10.7. The monoisotopic (exact) mass is 262 g/mol. The van der Waals surface area contributed by atoms with Crippen molar-refractivity contribution in [2.45, 2.75) is 6.04 Å². The van der Waals surface area contributed by atoms with Gasteiger partial charge >= 0.3 is 5.97 Å². The van der Waals surface area contributed by atoms with Crippen LogP contribution in [0.15, 0.2) is 18.2 Å². The van der Waals surface area contributed by atoms with E-state index in [1.165, 1.54) is 0 Å². The predicted molar refractivity (Wildman–Crippen MR) is 65.4 cm³/mol. The fraction of sp³-hybridized carbons (Fsp3) is 0.300. The Labute approximate surface area is 104 Å². The third-order valence-electron chi connectivity index (χ3n) is 2.02. The molecule has 1 unspecified atom stereocenters. The van der Waals surface area contributed by atoms with E-state index >= 15 is 0 Å². The minimum atomic E-state index is -0.914. The van der Waals surface area contributed by atoms with Gasteiger partial charge in [-0.15, -0.1) is 0 Å². The zero-order valence-corrected chi connectivity index (χ0v) is 10.1. The van der Waals surface area contributed by atoms with Crippen LogP contribution < -0.4 is 10.6 Å². The summed E-state index contributed by atoms with van der Waals surface area (Å²) in [6.45, 7) is 0.252. The average molecular weight is 263 g/mol. The molecule has 0 spiro atoms. The second-order valence-electron chi connectivity index (χ2n) is 3.22. The Balaban J connectivity index is 2.63. The van der Waals surface area contributed by atoms with E-state index < -0.39 is 12.0 Å². The number of hydrogen-bond donors (Lipinski definition) is 3. The molecule has 0 amide bonds. The molecule has 0 aliphatic rings. The number of nitrogens with one attached hydrogen (secondary N) is 2. The van der Waals surface area contributed by atoms with Crippen molar-refractivity contribution in [3.05, 3.63) is 28.2 Å². The molecule has 6 heteroatoms. The molecule has 3 N–H and O–H groups in total. The van der Waals surface area contributed by atoms with Crippen LogP contribution in [0, 0.1) is 0 Å². The van der Waals surface area contributed by atoms with Crippen LogP contribution in [0.1, 0.15) is 0 Å². The molecule has 1 rings (SSSR count). The van der Waals surface area contributed by atoms with Gasteiger partial charge in [0, 0.05) is 22.3 Å². The summed E-state index contributed by atoms with van der Waals surface area (Å²) >= 11 is 11.6. The normalized spacial score (nSPS) is 12.2. The number of hydrogen-bond acceptors (Lipinski definition) is 3. The fourth-order valence-corrected chi connectivity index (χ4v) is 1.71. The number of benzene rings is 1. The van der Waals surface area contributed by atoms with Crippen LogP contribution in [0.2, 0.25) is 10.0 Å². The molecule has 0 aromatic heterocycles. The number of anilines is 1. The van der Waals surface area contributed by atoms with Gasteiger partial charge in [0.25, 0.3) is 0 Å². The number of aliphatic carboxylic acids is 1. The summed E-state index contributed by atoms with van der Waals surface area (Å²) in [6, 6.07) is 4.32. The molecule has 4 nitrogen and oxygen atoms in total. The van der Waals surface area contributed by atoms with Gasteiger partial charge in [0.15, 0.2) is 0 Å². The molecule has 0 fully saturated rings. The predicted octanol–water partition coefficient (Wildman–Crippen LogP) is 2.08. The molecule has 0 heterocycles. The summed E-state index contributed by atoms with van der Waals surface area (Å²) in [5, 5.41) is 15.4. The molecular weight excluding hydrogens is 251 g/mol. The first-order valence-electron chi connectivity index (χ1n) is 4.63. The molecule has 0 bridgehead atoms. The van der Waals surface area contributed by atoms with E-state index in [-0.39, 0.29) is 6.54 Å². The highest BCUT2D eigenvalue weighted by molar-refractivity contribution is 6.35. The number of rotatable bonds is 5. The van der Waals surface area contributed by atoms with Gasteiger partial charge in [0.05, 0.1) is 0 Å². The van der Waals surface area contributed by atoms with Crippen LogP contribution in [-0.2, 0) is 4.79 Å². The summed E-state index contributed by atoms with van der Waals surface area (Å²) in [4.78, 5) is 10.7. The van der Waals surface area contributed by atoms with E-state index in [2.05, 4.69) is 10.6 Å². The van der Waals surface area contributed by atoms with Crippen LogP contribution in [0.5, 0.6) is 0 Å². The lowest BCUT2D eigenvalue weighted by molar-refractivity contribution is -0.138. The van der Waals surface area contributed by atoms with Crippen molar-refractivity contribution in [3.8, 4) is 0 Å². The van der Waals surface area contributed by atoms with Gasteiger partial charge in [-0.05, 0) is 25.2 Å². The number of carboxylic acid groups (broad SMARTS) is 1. The lowest BCUT2D eigenvalue weighted by atomic mass is 10.2. The molecule has 1 aromatic carbocycles. The summed E-state index contributed by atoms with van der Waals surface area (Å²) in [5.74, 6) is -0.914. The molecular formula is C10H12Cl2N2O2. The zero-order valence-electron chi connectivity index (χ0n) is 8.63. The van der Waals surface area contributed by atoms with Crippen LogP contribution in [-0.4, -0.2) is 30.7 Å². The smallest absolute Gasteiger partial charge is 0.322 e. The fourth-order valence-electron chi connectivity index (χ4n) is 1.19. The van der Waals surface area contributed by atoms with Gasteiger partial charge in [0.2, 0.25) is 0 Å². The lowest BCUT2D eigenvalue weighted by Crippen LogP contribution is -2.39. The minimum absolute atomic E-state index is 0.252. The van der Waals surface area contributed by atoms with Gasteiger partial charge in [0.1, 0.15) is 6.04 Å². The van der Waals surface area contributed by atoms with E-state index in [4.69, 9.17) is 28.3 Å². The van der Waals surface area contributed by atoms with Crippen molar-refractivity contribution in [1.29, 1.82) is 0 Å². The Bertz CT molecular complexity index is 365. The third kappa shape index (κ3) is 3.89. The molecule has 0 saturated carbocycles. The van der Waals surface area contributed by atoms with Gasteiger partial charge in [-0.25, -0.2) is 0 Å². The zero-order chi connectivity index (χ0) is 12.1. The highest BCUT2D eigenvalue weighted by Crippen LogP contribution is 2.22. The van der Waals surface area contributed by atoms with Gasteiger partial charge in [-0.2, -0.15) is 0 Å². The van der Waals surface area contributed by atoms with E-state index in [9.17, 15) is 4.79 Å². The van der Waals surface area contributed by atoms with E-state index in [1.54, 1.807) is 25.2 Å². The van der Waals surface area contributed by atoms with Gasteiger partial charge in [-0.1, -0.05) is 23.2 Å². The molecule has 0 aliphatic carbocycles. The lowest BCUT2D eigenvalue weighted by Gasteiger charge is -2.13. The molecule has 1 atom stereocenters. The second kappa shape index (κ2) is 5.94. The maximum Gasteiger partial charge on any atom is 0.322 e. The van der Waals surface area contributed by atoms with E-state index in [1.807, 2.05) is 0 Å². The number of likely N-dealkylation sites (N-methyl/N-ethyl adjacent to an activating group) is 1. The molecule has 0 aliphatic heterocycles. The van der Waals surface area contributed by atoms with E-state index in [0.717, 1.165) is 0 Å². The average Bonchev–Trinajstić information content (AvgIpc) is 2.16. The highest BCUT2D eigenvalue weighted by Gasteiger charge is 2.13. The maximum atomic E-state index is 10.7. The summed E-state index contributed by atoms with van der Waals surface area (Å²) < 4.78 is 0. The summed E-state index contributed by atoms with van der Waals surface area (Å²) in [5.41, 5.74) is 0.694. The first-order valence-corrected chi connectivity index (χ1v) is 5.38. The van der Waals surface area contributed by atoms with Crippen molar-refractivity contribution in [3.63, 3.8) is 0 Å². The molecule has 0 radical (unpaired) electrons. The standard InChI is InChI=1S/C10H12Cl2N2O2/c1-13-9(10(15)16)5-14-8-3-6(11)2-7(12)4-8/h2-4,9,13-14H,5H2,1H3,(H,15,16). The van der Waals surface area contributed by atoms with Gasteiger partial charge < -0.3 is 15.7 Å². The third-order valence-corrected chi connectivity index (χ3v) is 2.46. The highest BCUT2D eigenvalue weighted by atomic mass is 35.5. The van der Waals surface area contributed by atoms with E-state index in [0.29, 0.717) is 15.7 Å². The van der Waals surface area contributed by atoms with Crippen LogP contribution in [0.4, 0.5) is 5.69 Å². The SMILES string of the molecule is CNC(CNc1cc(Cl)cc(Cl)c1)C(=O)O. The Hall–Kier alpha value is -0.970. The van der Waals surface area contributed by atoms with Gasteiger partial charge in [-0.3, -0.25) is 4.79 Å². The van der Waals surface area contributed by atoms with Crippen molar-refractivity contribution < 1.29 is 9.90 Å². The summed E-state index contributed by atoms with van der Waals surface area (Å²) in [6.07, 6.45) is 0. The Kier molecular flexibility index (Phi) is 4.86. The Morgan fingerprint density at radius 1 is 1.38 bits per heavy atom. The quantitative estimate of drug-likeness (QED) is 0.761. The second-order valence-corrected chi connectivity index (χ2v) is 4.09. The first-order chi connectivity index (χ1) is 7.52. The van der Waals surface area contributed by atoms with Crippen LogP contribution in [0.25, 0.3) is 0 Å². The van der Waals surface area contributed by atoms with Crippen LogP contribution in [0.3, 0.4) is 0 Å². The molecule has 16 heavy (non-hydrogen) atoms. The molecule has 1 aromatic rings. The van der Waals surface area contributed by atoms with Crippen LogP contribution >= 0.6 is 23.2 Å². The largest absolute Gasteiger partial charge is 0.480 e. The first kappa shape index (κ1) is 13.1. The topological polar surface area (TPSA) is 61.4 Å². The minimum Gasteiger partial charge on any atom is -0.480 e.